The Morgan fingerprint density at radius 2 is 1.80 bits per heavy atom. The number of ether oxygens (including phenoxy) is 1. The van der Waals surface area contributed by atoms with Crippen molar-refractivity contribution in [1.29, 1.82) is 0 Å². The molecular weight excluding hydrogens is 452 g/mol. The zero-order chi connectivity index (χ0) is 21.3. The average Bonchev–Trinajstić information content (AvgIpc) is 3.18. The lowest BCUT2D eigenvalue weighted by Crippen LogP contribution is -2.13. The number of hydrogen-bond donors (Lipinski definition) is 1. The van der Waals surface area contributed by atoms with Crippen LogP contribution in [0.25, 0.3) is 11.0 Å². The van der Waals surface area contributed by atoms with E-state index in [2.05, 4.69) is 13.5 Å². The Bertz CT molecular complexity index is 1360. The van der Waals surface area contributed by atoms with Gasteiger partial charge >= 0.3 is 0 Å². The van der Waals surface area contributed by atoms with Gasteiger partial charge in [-0.1, -0.05) is 17.7 Å². The van der Waals surface area contributed by atoms with E-state index in [-0.39, 0.29) is 27.5 Å². The number of nitro groups is 1. The first kappa shape index (κ1) is 20.0. The van der Waals surface area contributed by atoms with Gasteiger partial charge in [0.05, 0.1) is 28.4 Å². The lowest BCUT2D eigenvalue weighted by Gasteiger charge is -2.11. The Balaban J connectivity index is 1.71. The first-order chi connectivity index (χ1) is 14.3. The second-order valence-electron chi connectivity index (χ2n) is 6.02. The van der Waals surface area contributed by atoms with E-state index < -0.39 is 14.9 Å². The quantitative estimate of drug-likeness (QED) is 0.321. The van der Waals surface area contributed by atoms with E-state index in [1.54, 1.807) is 36.4 Å². The highest BCUT2D eigenvalue weighted by molar-refractivity contribution is 7.93. The normalized spacial score (nSPS) is 11.4. The monoisotopic (exact) mass is 462 g/mol. The molecule has 9 nitrogen and oxygen atoms in total. The molecular formula is C18H11ClN4O5S2. The molecule has 1 N–H and O–H groups in total. The van der Waals surface area contributed by atoms with Crippen molar-refractivity contribution in [3.8, 4) is 11.5 Å². The number of nitro benzene ring substituents is 1. The number of non-ortho nitro benzene ring substituents is 1. The first-order valence-corrected chi connectivity index (χ1v) is 10.9. The van der Waals surface area contributed by atoms with E-state index in [9.17, 15) is 18.5 Å². The van der Waals surface area contributed by atoms with Gasteiger partial charge in [0, 0.05) is 17.2 Å². The number of aromatic nitrogens is 2. The Kier molecular flexibility index (Phi) is 5.24. The Hall–Kier alpha value is -3.28. The molecule has 1 aromatic heterocycles. The minimum absolute atomic E-state index is 0.0339. The number of nitrogens with zero attached hydrogens (tertiary/aromatic N) is 3. The molecule has 0 atom stereocenters. The van der Waals surface area contributed by atoms with Crippen LogP contribution in [0.2, 0.25) is 5.02 Å². The zero-order valence-electron chi connectivity index (χ0n) is 14.9. The van der Waals surface area contributed by atoms with Crippen LogP contribution >= 0.6 is 23.3 Å². The predicted molar refractivity (Wildman–Crippen MR) is 113 cm³/mol. The molecule has 3 aromatic carbocycles. The summed E-state index contributed by atoms with van der Waals surface area (Å²) in [6.45, 7) is 0. The van der Waals surface area contributed by atoms with E-state index in [0.29, 0.717) is 16.3 Å². The minimum Gasteiger partial charge on any atom is -0.457 e. The summed E-state index contributed by atoms with van der Waals surface area (Å²) in [5.41, 5.74) is 0.285. The molecule has 12 heteroatoms. The van der Waals surface area contributed by atoms with Crippen LogP contribution in [-0.2, 0) is 10.0 Å². The molecule has 1 heterocycles. The highest BCUT2D eigenvalue weighted by atomic mass is 35.5. The molecule has 0 radical (unpaired) electrons. The fraction of sp³-hybridized carbons (Fsp3) is 0. The summed E-state index contributed by atoms with van der Waals surface area (Å²) in [6, 6.07) is 14.6. The molecule has 0 bridgehead atoms. The second kappa shape index (κ2) is 7.86. The molecule has 0 spiro atoms. The van der Waals surface area contributed by atoms with E-state index in [4.69, 9.17) is 16.3 Å². The number of nitrogens with one attached hydrogen (secondary N) is 1. The van der Waals surface area contributed by atoms with Crippen LogP contribution in [0.3, 0.4) is 0 Å². The van der Waals surface area contributed by atoms with Crippen molar-refractivity contribution in [3.63, 3.8) is 0 Å². The molecule has 4 rings (SSSR count). The smallest absolute Gasteiger partial charge is 0.275 e. The highest BCUT2D eigenvalue weighted by Gasteiger charge is 2.21. The predicted octanol–water partition coefficient (Wildman–Crippen LogP) is 4.85. The van der Waals surface area contributed by atoms with Gasteiger partial charge in [0.2, 0.25) is 0 Å². The van der Waals surface area contributed by atoms with E-state index in [1.165, 1.54) is 18.2 Å². The molecule has 0 amide bonds. The lowest BCUT2D eigenvalue weighted by molar-refractivity contribution is -0.384. The van der Waals surface area contributed by atoms with Crippen molar-refractivity contribution in [3.05, 3.63) is 75.8 Å². The van der Waals surface area contributed by atoms with Crippen LogP contribution in [-0.4, -0.2) is 22.1 Å². The third-order valence-electron chi connectivity index (χ3n) is 3.94. The van der Waals surface area contributed by atoms with Crippen LogP contribution in [0.15, 0.2) is 65.6 Å². The molecule has 0 unspecified atom stereocenters. The molecule has 0 aliphatic carbocycles. The van der Waals surface area contributed by atoms with Gasteiger partial charge in [0.1, 0.15) is 27.4 Å². The molecule has 0 saturated carbocycles. The third kappa shape index (κ3) is 4.17. The maximum Gasteiger partial charge on any atom is 0.275 e. The van der Waals surface area contributed by atoms with Crippen LogP contribution in [0.1, 0.15) is 0 Å². The van der Waals surface area contributed by atoms with Gasteiger partial charge < -0.3 is 4.74 Å². The first-order valence-electron chi connectivity index (χ1n) is 8.29. The Labute approximate surface area is 179 Å². The minimum atomic E-state index is -4.09. The Morgan fingerprint density at radius 1 is 1.03 bits per heavy atom. The second-order valence-corrected chi connectivity index (χ2v) is 8.64. The van der Waals surface area contributed by atoms with E-state index in [0.717, 1.165) is 17.8 Å². The fourth-order valence-corrected chi connectivity index (χ4v) is 4.59. The van der Waals surface area contributed by atoms with Gasteiger partial charge in [-0.05, 0) is 36.4 Å². The molecule has 30 heavy (non-hydrogen) atoms. The van der Waals surface area contributed by atoms with Crippen LogP contribution in [0.5, 0.6) is 11.5 Å². The molecule has 0 aliphatic heterocycles. The molecule has 0 aliphatic rings. The highest BCUT2D eigenvalue weighted by Crippen LogP contribution is 2.32. The van der Waals surface area contributed by atoms with Crippen molar-refractivity contribution < 1.29 is 18.1 Å². The molecule has 4 aromatic rings. The number of halogens is 1. The van der Waals surface area contributed by atoms with Crippen LogP contribution in [0, 0.1) is 10.1 Å². The summed E-state index contributed by atoms with van der Waals surface area (Å²) in [7, 11) is -4.09. The van der Waals surface area contributed by atoms with Crippen molar-refractivity contribution in [2.45, 2.75) is 4.90 Å². The van der Waals surface area contributed by atoms with Crippen molar-refractivity contribution >= 4 is 55.8 Å². The maximum atomic E-state index is 12.9. The summed E-state index contributed by atoms with van der Waals surface area (Å²) < 4.78 is 41.8. The van der Waals surface area contributed by atoms with Gasteiger partial charge in [-0.25, -0.2) is 8.42 Å². The standard InChI is InChI=1S/C18H11ClN4O5S2/c19-11-4-6-14(7-5-11)28-15-9-12(8-13(10-15)23(24)25)22-30(26,27)17-3-1-2-16-18(17)21-29-20-16/h1-10,22H. The van der Waals surface area contributed by atoms with Gasteiger partial charge in [-0.3, -0.25) is 14.8 Å². The largest absolute Gasteiger partial charge is 0.457 e. The molecule has 0 saturated heterocycles. The van der Waals surface area contributed by atoms with Gasteiger partial charge in [0.25, 0.3) is 15.7 Å². The zero-order valence-corrected chi connectivity index (χ0v) is 17.2. The molecule has 152 valence electrons. The summed E-state index contributed by atoms with van der Waals surface area (Å²) in [6.07, 6.45) is 0. The number of rotatable bonds is 6. The number of fused-ring (bicyclic) bond motifs is 1. The van der Waals surface area contributed by atoms with E-state index >= 15 is 0 Å². The van der Waals surface area contributed by atoms with Gasteiger partial charge in [-0.15, -0.1) is 0 Å². The third-order valence-corrected chi connectivity index (χ3v) is 6.15. The van der Waals surface area contributed by atoms with Gasteiger partial charge in [0.15, 0.2) is 0 Å². The summed E-state index contributed by atoms with van der Waals surface area (Å²) >= 11 is 6.73. The number of benzene rings is 3. The maximum absolute atomic E-state index is 12.9. The van der Waals surface area contributed by atoms with Crippen molar-refractivity contribution in [1.82, 2.24) is 8.75 Å². The van der Waals surface area contributed by atoms with Gasteiger partial charge in [-0.2, -0.15) is 8.75 Å². The summed E-state index contributed by atoms with van der Waals surface area (Å²) in [5, 5.41) is 11.8. The molecule has 0 fully saturated rings. The average molecular weight is 463 g/mol. The van der Waals surface area contributed by atoms with Crippen molar-refractivity contribution in [2.24, 2.45) is 0 Å². The number of sulfonamides is 1. The van der Waals surface area contributed by atoms with Crippen LogP contribution in [0.4, 0.5) is 11.4 Å². The lowest BCUT2D eigenvalue weighted by atomic mass is 10.2. The number of anilines is 1. The SMILES string of the molecule is O=[N+]([O-])c1cc(NS(=O)(=O)c2cccc3nsnc23)cc(Oc2ccc(Cl)cc2)c1. The fourth-order valence-electron chi connectivity index (χ4n) is 2.65. The Morgan fingerprint density at radius 3 is 2.53 bits per heavy atom. The van der Waals surface area contributed by atoms with E-state index in [1.807, 2.05) is 0 Å². The summed E-state index contributed by atoms with van der Waals surface area (Å²) in [4.78, 5) is 10.6. The van der Waals surface area contributed by atoms with Crippen molar-refractivity contribution in [2.75, 3.05) is 4.72 Å². The van der Waals surface area contributed by atoms with Crippen LogP contribution < -0.4 is 9.46 Å². The summed E-state index contributed by atoms with van der Waals surface area (Å²) in [5.74, 6) is 0.463. The number of hydrogen-bond acceptors (Lipinski definition) is 8. The topological polar surface area (TPSA) is 124 Å².